The molecule has 10 heteroatoms. The maximum absolute atomic E-state index is 13.8. The molecule has 0 fully saturated rings. The predicted octanol–water partition coefficient (Wildman–Crippen LogP) is 7.48. The highest BCUT2D eigenvalue weighted by Gasteiger charge is 2.48. The number of rotatable bonds is 6. The summed E-state index contributed by atoms with van der Waals surface area (Å²) in [6, 6.07) is 8.82. The Bertz CT molecular complexity index is 1600. The molecule has 7 nitrogen and oxygen atoms in total. The molecular weight excluding hydrogens is 597 g/mol. The molecule has 0 unspecified atom stereocenters. The van der Waals surface area contributed by atoms with E-state index in [0.717, 1.165) is 11.4 Å². The zero-order valence-corrected chi connectivity index (χ0v) is 27.0. The Labute approximate surface area is 257 Å². The molecule has 2 aromatic carbocycles. The summed E-state index contributed by atoms with van der Waals surface area (Å²) in [5, 5.41) is 0.372. The summed E-state index contributed by atoms with van der Waals surface area (Å²) in [6.07, 6.45) is 2.06. The summed E-state index contributed by atoms with van der Waals surface area (Å²) >= 11 is 12.7. The van der Waals surface area contributed by atoms with Crippen LogP contribution in [0.4, 0.5) is 0 Å². The minimum atomic E-state index is -4.28. The molecule has 2 aliphatic carbocycles. The fraction of sp³-hybridized carbons (Fsp3) is 0.438. The standard InChI is InChI=1S/C32H35Cl2NO6S/c1-7-40-26-13-18(12-21(34)30(26)41-42(38,39)20-10-8-19(33)9-11-20)27-28-22(14-31(2,3)16-24(28)36)35(6)23-15-32(4,5)17-25(37)29(23)27/h8-13,27H,7,14-17H2,1-6H3. The van der Waals surface area contributed by atoms with E-state index in [9.17, 15) is 18.0 Å². The first-order chi connectivity index (χ1) is 19.5. The molecule has 2 aromatic rings. The number of carbonyl (C=O) groups excluding carboxylic acids is 2. The number of hydrogen-bond acceptors (Lipinski definition) is 7. The third kappa shape index (κ3) is 5.61. The third-order valence-electron chi connectivity index (χ3n) is 8.14. The quantitative estimate of drug-likeness (QED) is 0.305. The second-order valence-corrected chi connectivity index (χ2v) is 15.2. The van der Waals surface area contributed by atoms with Crippen molar-refractivity contribution in [2.45, 2.75) is 71.1 Å². The van der Waals surface area contributed by atoms with Crippen LogP contribution in [-0.2, 0) is 19.7 Å². The number of allylic oxidation sites excluding steroid dienone is 4. The van der Waals surface area contributed by atoms with Crippen LogP contribution in [0, 0.1) is 10.8 Å². The van der Waals surface area contributed by atoms with Crippen molar-refractivity contribution in [1.29, 1.82) is 0 Å². The lowest BCUT2D eigenvalue weighted by Crippen LogP contribution is -2.43. The van der Waals surface area contributed by atoms with Crippen LogP contribution in [0.15, 0.2) is 63.8 Å². The first-order valence-corrected chi connectivity index (χ1v) is 16.1. The van der Waals surface area contributed by atoms with Gasteiger partial charge in [-0.05, 0) is 72.6 Å². The fourth-order valence-electron chi connectivity index (χ4n) is 6.36. The molecular formula is C32H35Cl2NO6S. The van der Waals surface area contributed by atoms with Gasteiger partial charge in [-0.3, -0.25) is 9.59 Å². The van der Waals surface area contributed by atoms with Crippen molar-refractivity contribution < 1.29 is 26.9 Å². The highest BCUT2D eigenvalue weighted by molar-refractivity contribution is 7.87. The van der Waals surface area contributed by atoms with E-state index >= 15 is 0 Å². The fourth-order valence-corrected chi connectivity index (χ4v) is 7.74. The topological polar surface area (TPSA) is 90.0 Å². The molecule has 0 N–H and O–H groups in total. The molecule has 42 heavy (non-hydrogen) atoms. The summed E-state index contributed by atoms with van der Waals surface area (Å²) in [5.74, 6) is -0.741. The SMILES string of the molecule is CCOc1cc(C2C3=C(CC(C)(C)CC3=O)N(C)C3=C2C(=O)CC(C)(C)C3)cc(Cl)c1OS(=O)(=O)c1ccc(Cl)cc1. The van der Waals surface area contributed by atoms with E-state index in [2.05, 4.69) is 32.6 Å². The number of nitrogens with zero attached hydrogens (tertiary/aromatic N) is 1. The van der Waals surface area contributed by atoms with Crippen LogP contribution in [0.1, 0.15) is 71.8 Å². The van der Waals surface area contributed by atoms with Crippen LogP contribution in [0.3, 0.4) is 0 Å². The van der Waals surface area contributed by atoms with Gasteiger partial charge >= 0.3 is 10.1 Å². The lowest BCUT2D eigenvalue weighted by atomic mass is 9.64. The van der Waals surface area contributed by atoms with Gasteiger partial charge in [0.25, 0.3) is 0 Å². The van der Waals surface area contributed by atoms with Crippen LogP contribution < -0.4 is 8.92 Å². The lowest BCUT2D eigenvalue weighted by Gasteiger charge is -2.48. The number of benzene rings is 2. The van der Waals surface area contributed by atoms with Gasteiger partial charge in [0.1, 0.15) is 4.90 Å². The van der Waals surface area contributed by atoms with Crippen LogP contribution in [0.5, 0.6) is 11.5 Å². The number of ketones is 2. The Kier molecular flexibility index (Phi) is 7.82. The molecule has 0 bridgehead atoms. The monoisotopic (exact) mass is 631 g/mol. The number of ether oxygens (including phenoxy) is 1. The number of hydrogen-bond donors (Lipinski definition) is 0. The molecule has 0 spiro atoms. The molecule has 0 amide bonds. The Morgan fingerprint density at radius 2 is 1.40 bits per heavy atom. The van der Waals surface area contributed by atoms with Crippen molar-refractivity contribution in [3.63, 3.8) is 0 Å². The normalized spacial score (nSPS) is 20.4. The molecule has 3 aliphatic rings. The van der Waals surface area contributed by atoms with Crippen LogP contribution >= 0.6 is 23.2 Å². The summed E-state index contributed by atoms with van der Waals surface area (Å²) in [6.45, 7) is 10.3. The van der Waals surface area contributed by atoms with Crippen molar-refractivity contribution in [3.05, 3.63) is 74.5 Å². The van der Waals surface area contributed by atoms with Gasteiger partial charge in [0.15, 0.2) is 17.3 Å². The zero-order valence-electron chi connectivity index (χ0n) is 24.6. The maximum Gasteiger partial charge on any atom is 0.339 e. The first kappa shape index (κ1) is 30.6. The third-order valence-corrected chi connectivity index (χ3v) is 9.91. The largest absolute Gasteiger partial charge is 0.490 e. The van der Waals surface area contributed by atoms with Crippen molar-refractivity contribution >= 4 is 44.9 Å². The molecule has 5 rings (SSSR count). The van der Waals surface area contributed by atoms with Gasteiger partial charge in [0.05, 0.1) is 11.6 Å². The molecule has 1 aliphatic heterocycles. The molecule has 224 valence electrons. The maximum atomic E-state index is 13.8. The zero-order chi connectivity index (χ0) is 30.8. The van der Waals surface area contributed by atoms with Gasteiger partial charge in [-0.25, -0.2) is 0 Å². The average molecular weight is 633 g/mol. The van der Waals surface area contributed by atoms with Crippen molar-refractivity contribution in [3.8, 4) is 11.5 Å². The Morgan fingerprint density at radius 1 is 0.881 bits per heavy atom. The van der Waals surface area contributed by atoms with Crippen LogP contribution in [-0.4, -0.2) is 38.5 Å². The van der Waals surface area contributed by atoms with E-state index in [1.165, 1.54) is 24.3 Å². The second-order valence-electron chi connectivity index (χ2n) is 12.8. The number of carbonyl (C=O) groups is 2. The summed E-state index contributed by atoms with van der Waals surface area (Å²) in [5.41, 5.74) is 3.10. The highest BCUT2D eigenvalue weighted by Crippen LogP contribution is 2.55. The summed E-state index contributed by atoms with van der Waals surface area (Å²) in [7, 11) is -2.33. The predicted molar refractivity (Wildman–Crippen MR) is 162 cm³/mol. The van der Waals surface area contributed by atoms with E-state index in [4.69, 9.17) is 32.1 Å². The lowest BCUT2D eigenvalue weighted by molar-refractivity contribution is -0.119. The van der Waals surface area contributed by atoms with Gasteiger partial charge in [0.2, 0.25) is 5.75 Å². The minimum absolute atomic E-state index is 0.0103. The first-order valence-electron chi connectivity index (χ1n) is 14.0. The molecule has 0 saturated heterocycles. The number of halogens is 2. The molecule has 0 atom stereocenters. The van der Waals surface area contributed by atoms with E-state index < -0.39 is 16.0 Å². The highest BCUT2D eigenvalue weighted by atomic mass is 35.5. The van der Waals surface area contributed by atoms with E-state index in [0.29, 0.717) is 47.4 Å². The Balaban J connectivity index is 1.68. The van der Waals surface area contributed by atoms with Crippen molar-refractivity contribution in [1.82, 2.24) is 4.90 Å². The van der Waals surface area contributed by atoms with E-state index in [1.54, 1.807) is 19.1 Å². The molecule has 0 radical (unpaired) electrons. The summed E-state index contributed by atoms with van der Waals surface area (Å²) in [4.78, 5) is 29.6. The smallest absolute Gasteiger partial charge is 0.339 e. The van der Waals surface area contributed by atoms with E-state index in [1.807, 2.05) is 7.05 Å². The Hall–Kier alpha value is -2.81. The van der Waals surface area contributed by atoms with Crippen LogP contribution in [0.2, 0.25) is 10.0 Å². The second kappa shape index (κ2) is 10.7. The van der Waals surface area contributed by atoms with Gasteiger partial charge in [-0.1, -0.05) is 50.9 Å². The average Bonchev–Trinajstić information content (AvgIpc) is 2.86. The van der Waals surface area contributed by atoms with Gasteiger partial charge in [-0.2, -0.15) is 8.42 Å². The Morgan fingerprint density at radius 3 is 1.90 bits per heavy atom. The van der Waals surface area contributed by atoms with Crippen molar-refractivity contribution in [2.75, 3.05) is 13.7 Å². The molecule has 1 heterocycles. The van der Waals surface area contributed by atoms with Crippen molar-refractivity contribution in [2.24, 2.45) is 10.8 Å². The van der Waals surface area contributed by atoms with Gasteiger partial charge < -0.3 is 13.8 Å². The minimum Gasteiger partial charge on any atom is -0.490 e. The summed E-state index contributed by atoms with van der Waals surface area (Å²) < 4.78 is 37.7. The molecule has 0 saturated carbocycles. The number of Topliss-reactive ketones (excluding diaryl/α,β-unsaturated/α-hetero) is 2. The van der Waals surface area contributed by atoms with Gasteiger partial charge in [-0.15, -0.1) is 0 Å². The van der Waals surface area contributed by atoms with Crippen LogP contribution in [0.25, 0.3) is 0 Å². The van der Waals surface area contributed by atoms with E-state index in [-0.39, 0.29) is 50.4 Å². The van der Waals surface area contributed by atoms with Gasteiger partial charge in [0, 0.05) is 53.4 Å². The molecule has 0 aromatic heterocycles.